The van der Waals surface area contributed by atoms with Crippen molar-refractivity contribution in [3.8, 4) is 0 Å². The molecule has 1 aromatic carbocycles. The Morgan fingerprint density at radius 3 is 2.48 bits per heavy atom. The maximum Gasteiger partial charge on any atom is 0.236 e. The number of hydrogen-bond acceptors (Lipinski definition) is 2. The van der Waals surface area contributed by atoms with Crippen LogP contribution in [0.15, 0.2) is 18.2 Å². The largest absolute Gasteiger partial charge is 0.408 e. The van der Waals surface area contributed by atoms with Crippen molar-refractivity contribution in [2.24, 2.45) is 0 Å². The van der Waals surface area contributed by atoms with Gasteiger partial charge in [-0.15, -0.1) is 0 Å². The smallest absolute Gasteiger partial charge is 0.236 e. The van der Waals surface area contributed by atoms with Crippen molar-refractivity contribution in [2.45, 2.75) is 51.8 Å². The predicted molar refractivity (Wildman–Crippen MR) is 88.7 cm³/mol. The van der Waals surface area contributed by atoms with Crippen molar-refractivity contribution in [3.63, 3.8) is 0 Å². The summed E-state index contributed by atoms with van der Waals surface area (Å²) in [5.74, 6) is 0. The van der Waals surface area contributed by atoms with Gasteiger partial charge in [0.25, 0.3) is 0 Å². The highest BCUT2D eigenvalue weighted by Crippen LogP contribution is 2.34. The fourth-order valence-electron chi connectivity index (χ4n) is 1.78. The van der Waals surface area contributed by atoms with E-state index < -0.39 is 5.60 Å². The first-order valence-electron chi connectivity index (χ1n) is 7.16. The maximum absolute atomic E-state index is 12.1. The van der Waals surface area contributed by atoms with Crippen molar-refractivity contribution < 1.29 is 8.82 Å². The minimum atomic E-state index is -0.446. The zero-order valence-electron chi connectivity index (χ0n) is 13.5. The van der Waals surface area contributed by atoms with Gasteiger partial charge in [-0.2, -0.15) is 0 Å². The van der Waals surface area contributed by atoms with Gasteiger partial charge in [-0.25, -0.2) is 4.39 Å². The topological polar surface area (TPSA) is 21.3 Å². The lowest BCUT2D eigenvalue weighted by molar-refractivity contribution is 0.109. The predicted octanol–water partition coefficient (Wildman–Crippen LogP) is 4.49. The van der Waals surface area contributed by atoms with Crippen LogP contribution in [0.5, 0.6) is 0 Å². The van der Waals surface area contributed by atoms with Crippen LogP contribution in [0.25, 0.3) is 0 Å². The van der Waals surface area contributed by atoms with E-state index in [1.54, 1.807) is 0 Å². The average Bonchev–Trinajstić information content (AvgIpc) is 2.38. The number of benzene rings is 1. The Balaban J connectivity index is 2.86. The SMILES string of the molecule is CC(C)(C)[Si]OC(C)(C)c1cc(CNCCF)ccc1Cl. The molecule has 0 aliphatic heterocycles. The number of nitrogens with one attached hydrogen (secondary N) is 1. The van der Waals surface area contributed by atoms with E-state index in [0.29, 0.717) is 27.9 Å². The summed E-state index contributed by atoms with van der Waals surface area (Å²) in [5.41, 5.74) is 1.61. The fraction of sp³-hybridized carbons (Fsp3) is 0.625. The van der Waals surface area contributed by atoms with Gasteiger partial charge in [-0.05, 0) is 30.5 Å². The van der Waals surface area contributed by atoms with Gasteiger partial charge >= 0.3 is 0 Å². The van der Waals surface area contributed by atoms with Crippen LogP contribution in [0.3, 0.4) is 0 Å². The number of alkyl halides is 1. The van der Waals surface area contributed by atoms with Gasteiger partial charge in [0, 0.05) is 23.7 Å². The lowest BCUT2D eigenvalue weighted by atomic mass is 9.96. The van der Waals surface area contributed by atoms with Crippen LogP contribution in [0, 0.1) is 0 Å². The van der Waals surface area contributed by atoms with Gasteiger partial charge in [-0.3, -0.25) is 0 Å². The monoisotopic (exact) mass is 329 g/mol. The van der Waals surface area contributed by atoms with Gasteiger partial charge in [0.1, 0.15) is 6.67 Å². The van der Waals surface area contributed by atoms with Crippen molar-refractivity contribution >= 4 is 21.4 Å². The lowest BCUT2D eigenvalue weighted by Gasteiger charge is -2.30. The Kier molecular flexibility index (Phi) is 6.85. The minimum absolute atomic E-state index is 0.129. The molecule has 1 rings (SSSR count). The van der Waals surface area contributed by atoms with Crippen LogP contribution in [0.2, 0.25) is 10.1 Å². The molecule has 0 fully saturated rings. The zero-order chi connectivity index (χ0) is 16.1. The van der Waals surface area contributed by atoms with Crippen LogP contribution < -0.4 is 5.32 Å². The van der Waals surface area contributed by atoms with E-state index in [2.05, 4.69) is 26.1 Å². The summed E-state index contributed by atoms with van der Waals surface area (Å²) in [4.78, 5) is 0. The second kappa shape index (κ2) is 7.72. The molecule has 0 heterocycles. The van der Waals surface area contributed by atoms with E-state index in [4.69, 9.17) is 16.0 Å². The molecule has 0 aliphatic rings. The van der Waals surface area contributed by atoms with E-state index >= 15 is 0 Å². The molecule has 2 nitrogen and oxygen atoms in total. The van der Waals surface area contributed by atoms with Gasteiger partial charge in [0.15, 0.2) is 0 Å². The van der Waals surface area contributed by atoms with Crippen molar-refractivity contribution in [3.05, 3.63) is 34.3 Å². The van der Waals surface area contributed by atoms with Crippen LogP contribution >= 0.6 is 11.6 Å². The standard InChI is InChI=1S/C16H25ClFNOSi/c1-15(2,3)21-20-16(4,5)13-10-12(6-7-14(13)17)11-19-9-8-18/h6-7,10,19H,8-9,11H2,1-5H3. The first-order chi connectivity index (χ1) is 9.65. The van der Waals surface area contributed by atoms with E-state index in [1.165, 1.54) is 0 Å². The molecule has 1 N–H and O–H groups in total. The minimum Gasteiger partial charge on any atom is -0.408 e. The third-order valence-corrected chi connectivity index (χ3v) is 4.45. The number of hydrogen-bond donors (Lipinski definition) is 1. The molecule has 0 saturated carbocycles. The molecular formula is C16H25ClFNOSi. The van der Waals surface area contributed by atoms with E-state index in [-0.39, 0.29) is 11.7 Å². The summed E-state index contributed by atoms with van der Waals surface area (Å²) < 4.78 is 18.2. The van der Waals surface area contributed by atoms with Crippen LogP contribution in [0.4, 0.5) is 4.39 Å². The molecule has 5 heteroatoms. The molecule has 118 valence electrons. The first-order valence-corrected chi connectivity index (χ1v) is 8.45. The van der Waals surface area contributed by atoms with Gasteiger partial charge in [0.05, 0.1) is 5.60 Å². The molecule has 0 atom stereocenters. The Bertz CT molecular complexity index is 460. The Hall–Kier alpha value is -0.423. The fourth-order valence-corrected chi connectivity index (χ4v) is 2.80. The van der Waals surface area contributed by atoms with Gasteiger partial charge in [0.2, 0.25) is 9.76 Å². The normalized spacial score (nSPS) is 12.7. The molecule has 0 saturated heterocycles. The Morgan fingerprint density at radius 2 is 1.90 bits per heavy atom. The molecule has 21 heavy (non-hydrogen) atoms. The van der Waals surface area contributed by atoms with Crippen molar-refractivity contribution in [1.29, 1.82) is 0 Å². The second-order valence-corrected chi connectivity index (χ2v) is 8.96. The van der Waals surface area contributed by atoms with E-state index in [1.807, 2.05) is 32.0 Å². The summed E-state index contributed by atoms with van der Waals surface area (Å²) in [5, 5.41) is 3.88. The third kappa shape index (κ3) is 6.47. The van der Waals surface area contributed by atoms with Crippen LogP contribution in [0.1, 0.15) is 45.7 Å². The van der Waals surface area contributed by atoms with E-state index in [0.717, 1.165) is 11.1 Å². The highest BCUT2D eigenvalue weighted by atomic mass is 35.5. The summed E-state index contributed by atoms with van der Waals surface area (Å²) in [6.07, 6.45) is 0. The van der Waals surface area contributed by atoms with Crippen LogP contribution in [-0.2, 0) is 16.6 Å². The van der Waals surface area contributed by atoms with Crippen LogP contribution in [-0.4, -0.2) is 23.0 Å². The van der Waals surface area contributed by atoms with Gasteiger partial charge in [-0.1, -0.05) is 44.5 Å². The summed E-state index contributed by atoms with van der Waals surface area (Å²) in [6, 6.07) is 5.88. The molecule has 0 aromatic heterocycles. The summed E-state index contributed by atoms with van der Waals surface area (Å²) >= 11 is 6.33. The molecule has 0 unspecified atom stereocenters. The quantitative estimate of drug-likeness (QED) is 0.588. The first kappa shape index (κ1) is 18.6. The van der Waals surface area contributed by atoms with Crippen molar-refractivity contribution in [2.75, 3.05) is 13.2 Å². The second-order valence-electron chi connectivity index (χ2n) is 6.64. The molecule has 1 aromatic rings. The third-order valence-electron chi connectivity index (χ3n) is 2.89. The molecule has 0 bridgehead atoms. The lowest BCUT2D eigenvalue weighted by Crippen LogP contribution is -2.28. The molecular weight excluding hydrogens is 305 g/mol. The molecule has 2 radical (unpaired) electrons. The zero-order valence-corrected chi connectivity index (χ0v) is 15.3. The van der Waals surface area contributed by atoms with Crippen molar-refractivity contribution in [1.82, 2.24) is 5.32 Å². The highest BCUT2D eigenvalue weighted by molar-refractivity contribution is 6.32. The molecule has 0 amide bonds. The maximum atomic E-state index is 12.1. The van der Waals surface area contributed by atoms with E-state index in [9.17, 15) is 4.39 Å². The van der Waals surface area contributed by atoms with Gasteiger partial charge < -0.3 is 9.74 Å². The Morgan fingerprint density at radius 1 is 1.24 bits per heavy atom. The number of rotatable bonds is 7. The highest BCUT2D eigenvalue weighted by Gasteiger charge is 2.27. The number of halogens is 2. The molecule has 0 aliphatic carbocycles. The summed E-state index contributed by atoms with van der Waals surface area (Å²) in [7, 11) is 0.389. The Labute approximate surface area is 135 Å². The summed E-state index contributed by atoms with van der Waals surface area (Å²) in [6.45, 7) is 11.2. The molecule has 0 spiro atoms. The average molecular weight is 330 g/mol.